The van der Waals surface area contributed by atoms with E-state index < -0.39 is 6.04 Å². The average Bonchev–Trinajstić information content (AvgIpc) is 3.28. The Balaban J connectivity index is 1.66. The molecule has 0 aliphatic heterocycles. The highest BCUT2D eigenvalue weighted by atomic mass is 32.2. The van der Waals surface area contributed by atoms with Crippen molar-refractivity contribution in [2.24, 2.45) is 0 Å². The van der Waals surface area contributed by atoms with Gasteiger partial charge in [-0.3, -0.25) is 9.59 Å². The average molecular weight is 439 g/mol. The number of aryl methyl sites for hydroxylation is 1. The summed E-state index contributed by atoms with van der Waals surface area (Å²) in [5.41, 5.74) is 3.49. The first-order valence-corrected chi connectivity index (χ1v) is 12.5. The van der Waals surface area contributed by atoms with Crippen LogP contribution in [0.2, 0.25) is 0 Å². The number of nitrogens with zero attached hydrogens (tertiary/aromatic N) is 1. The van der Waals surface area contributed by atoms with Gasteiger partial charge in [-0.2, -0.15) is 0 Å². The monoisotopic (exact) mass is 438 g/mol. The highest BCUT2D eigenvalue weighted by molar-refractivity contribution is 7.99. The van der Waals surface area contributed by atoms with Crippen molar-refractivity contribution in [2.45, 2.75) is 70.3 Å². The fourth-order valence-corrected chi connectivity index (χ4v) is 4.96. The molecular formula is C26H34N2O2S. The minimum Gasteiger partial charge on any atom is -0.352 e. The molecule has 0 radical (unpaired) electrons. The number of nitrogens with one attached hydrogen (secondary N) is 1. The second-order valence-corrected chi connectivity index (χ2v) is 9.39. The Morgan fingerprint density at radius 1 is 1.03 bits per heavy atom. The van der Waals surface area contributed by atoms with E-state index in [4.69, 9.17) is 0 Å². The van der Waals surface area contributed by atoms with Crippen molar-refractivity contribution in [1.82, 2.24) is 10.2 Å². The highest BCUT2D eigenvalue weighted by Crippen LogP contribution is 2.20. The van der Waals surface area contributed by atoms with Crippen LogP contribution in [0.1, 0.15) is 55.7 Å². The Morgan fingerprint density at radius 2 is 1.71 bits per heavy atom. The molecule has 1 atom stereocenters. The van der Waals surface area contributed by atoms with Gasteiger partial charge >= 0.3 is 0 Å². The maximum absolute atomic E-state index is 13.3. The predicted molar refractivity (Wildman–Crippen MR) is 129 cm³/mol. The normalized spacial score (nSPS) is 14.9. The van der Waals surface area contributed by atoms with Gasteiger partial charge in [0, 0.05) is 18.3 Å². The highest BCUT2D eigenvalue weighted by Gasteiger charge is 2.30. The maximum Gasteiger partial charge on any atom is 0.243 e. The zero-order chi connectivity index (χ0) is 22.1. The van der Waals surface area contributed by atoms with Crippen molar-refractivity contribution in [3.05, 3.63) is 71.3 Å². The van der Waals surface area contributed by atoms with Crippen molar-refractivity contribution in [1.29, 1.82) is 0 Å². The smallest absolute Gasteiger partial charge is 0.243 e. The number of benzene rings is 2. The van der Waals surface area contributed by atoms with Crippen LogP contribution in [0.25, 0.3) is 0 Å². The summed E-state index contributed by atoms with van der Waals surface area (Å²) in [4.78, 5) is 28.1. The first-order valence-electron chi connectivity index (χ1n) is 11.3. The van der Waals surface area contributed by atoms with Crippen LogP contribution in [-0.2, 0) is 21.9 Å². The number of carbonyl (C=O) groups is 2. The summed E-state index contributed by atoms with van der Waals surface area (Å²) in [5, 5.41) is 3.20. The summed E-state index contributed by atoms with van der Waals surface area (Å²) in [5.74, 6) is 1.17. The van der Waals surface area contributed by atoms with E-state index in [0.717, 1.165) is 24.2 Å². The molecule has 0 unspecified atom stereocenters. The zero-order valence-electron chi connectivity index (χ0n) is 18.7. The Morgan fingerprint density at radius 3 is 2.35 bits per heavy atom. The predicted octanol–water partition coefficient (Wildman–Crippen LogP) is 5.09. The lowest BCUT2D eigenvalue weighted by Crippen LogP contribution is -2.51. The summed E-state index contributed by atoms with van der Waals surface area (Å²) in [6.45, 7) is 4.52. The van der Waals surface area contributed by atoms with Crippen molar-refractivity contribution in [3.63, 3.8) is 0 Å². The van der Waals surface area contributed by atoms with Crippen LogP contribution in [-0.4, -0.2) is 34.6 Å². The molecule has 3 rings (SSSR count). The molecule has 5 heteroatoms. The molecule has 31 heavy (non-hydrogen) atoms. The number of hydrogen-bond donors (Lipinski definition) is 1. The Bertz CT molecular complexity index is 832. The number of carbonyl (C=O) groups excluding carboxylic acids is 2. The third-order valence-corrected chi connectivity index (χ3v) is 6.89. The van der Waals surface area contributed by atoms with Crippen LogP contribution in [0, 0.1) is 6.92 Å². The Labute approximate surface area is 190 Å². The molecule has 0 heterocycles. The number of rotatable bonds is 10. The lowest BCUT2D eigenvalue weighted by molar-refractivity contribution is -0.139. The first-order chi connectivity index (χ1) is 15.1. The van der Waals surface area contributed by atoms with Crippen LogP contribution >= 0.6 is 11.8 Å². The van der Waals surface area contributed by atoms with E-state index in [2.05, 4.69) is 36.5 Å². The quantitative estimate of drug-likeness (QED) is 0.562. The van der Waals surface area contributed by atoms with Gasteiger partial charge in [0.1, 0.15) is 6.04 Å². The van der Waals surface area contributed by atoms with Gasteiger partial charge in [-0.05, 0) is 37.3 Å². The molecule has 1 aliphatic rings. The van der Waals surface area contributed by atoms with Gasteiger partial charge in [0.05, 0.1) is 5.75 Å². The molecule has 2 aromatic carbocycles. The molecular weight excluding hydrogens is 404 g/mol. The van der Waals surface area contributed by atoms with Gasteiger partial charge in [-0.15, -0.1) is 11.8 Å². The SMILES string of the molecule is CC[C@H](C(=O)NC1CCCC1)N(Cc1ccccc1)C(=O)CSCc1ccc(C)cc1. The molecule has 0 aromatic heterocycles. The van der Waals surface area contributed by atoms with Crippen LogP contribution < -0.4 is 5.32 Å². The summed E-state index contributed by atoms with van der Waals surface area (Å²) in [7, 11) is 0. The van der Waals surface area contributed by atoms with Gasteiger partial charge < -0.3 is 10.2 Å². The molecule has 0 bridgehead atoms. The van der Waals surface area contributed by atoms with E-state index in [0.29, 0.717) is 18.7 Å². The Kier molecular flexibility index (Phi) is 9.01. The van der Waals surface area contributed by atoms with Gasteiger partial charge in [0.15, 0.2) is 0 Å². The molecule has 4 nitrogen and oxygen atoms in total. The molecule has 2 aromatic rings. The van der Waals surface area contributed by atoms with Crippen LogP contribution in [0.3, 0.4) is 0 Å². The van der Waals surface area contributed by atoms with E-state index >= 15 is 0 Å². The van der Waals surface area contributed by atoms with E-state index in [-0.39, 0.29) is 17.9 Å². The molecule has 1 N–H and O–H groups in total. The maximum atomic E-state index is 13.3. The van der Waals surface area contributed by atoms with Gasteiger partial charge in [-0.25, -0.2) is 0 Å². The molecule has 2 amide bonds. The minimum atomic E-state index is -0.437. The molecule has 0 saturated heterocycles. The summed E-state index contributed by atoms with van der Waals surface area (Å²) < 4.78 is 0. The fraction of sp³-hybridized carbons (Fsp3) is 0.462. The van der Waals surface area contributed by atoms with E-state index in [1.165, 1.54) is 24.0 Å². The molecule has 166 valence electrons. The van der Waals surface area contributed by atoms with Crippen molar-refractivity contribution < 1.29 is 9.59 Å². The standard InChI is InChI=1S/C26H34N2O2S/c1-3-24(26(30)27-23-11-7-8-12-23)28(17-21-9-5-4-6-10-21)25(29)19-31-18-22-15-13-20(2)14-16-22/h4-6,9-10,13-16,23-24H,3,7-8,11-12,17-19H2,1-2H3,(H,27,30)/t24-/m1/s1. The number of amides is 2. The number of thioether (sulfide) groups is 1. The van der Waals surface area contributed by atoms with E-state index in [1.807, 2.05) is 37.3 Å². The fourth-order valence-electron chi connectivity index (χ4n) is 4.09. The second kappa shape index (κ2) is 11.9. The molecule has 0 spiro atoms. The molecule has 1 aliphatic carbocycles. The third-order valence-electron chi connectivity index (χ3n) is 5.90. The minimum absolute atomic E-state index is 0.0118. The van der Waals surface area contributed by atoms with E-state index in [1.54, 1.807) is 16.7 Å². The van der Waals surface area contributed by atoms with Crippen LogP contribution in [0.5, 0.6) is 0 Å². The van der Waals surface area contributed by atoms with Gasteiger partial charge in [0.25, 0.3) is 0 Å². The molecule has 1 saturated carbocycles. The largest absolute Gasteiger partial charge is 0.352 e. The lowest BCUT2D eigenvalue weighted by Gasteiger charge is -2.31. The van der Waals surface area contributed by atoms with Crippen molar-refractivity contribution >= 4 is 23.6 Å². The van der Waals surface area contributed by atoms with Crippen molar-refractivity contribution in [2.75, 3.05) is 5.75 Å². The lowest BCUT2D eigenvalue weighted by atomic mass is 10.1. The van der Waals surface area contributed by atoms with Crippen molar-refractivity contribution in [3.8, 4) is 0 Å². The zero-order valence-corrected chi connectivity index (χ0v) is 19.5. The van der Waals surface area contributed by atoms with E-state index in [9.17, 15) is 9.59 Å². The third kappa shape index (κ3) is 7.13. The summed E-state index contributed by atoms with van der Waals surface area (Å²) in [6.07, 6.45) is 5.04. The van der Waals surface area contributed by atoms with Gasteiger partial charge in [-0.1, -0.05) is 79.9 Å². The van der Waals surface area contributed by atoms with Crippen LogP contribution in [0.4, 0.5) is 0 Å². The van der Waals surface area contributed by atoms with Crippen LogP contribution in [0.15, 0.2) is 54.6 Å². The Hall–Kier alpha value is -2.27. The first kappa shape index (κ1) is 23.4. The summed E-state index contributed by atoms with van der Waals surface area (Å²) >= 11 is 1.61. The number of hydrogen-bond acceptors (Lipinski definition) is 3. The second-order valence-electron chi connectivity index (χ2n) is 8.40. The summed E-state index contributed by atoms with van der Waals surface area (Å²) in [6, 6.07) is 18.2. The molecule has 1 fully saturated rings. The van der Waals surface area contributed by atoms with Gasteiger partial charge in [0.2, 0.25) is 11.8 Å². The topological polar surface area (TPSA) is 49.4 Å².